The average Bonchev–Trinajstić information content (AvgIpc) is 2.59. The van der Waals surface area contributed by atoms with Crippen molar-refractivity contribution in [3.05, 3.63) is 29.6 Å². The number of pyridine rings is 1. The van der Waals surface area contributed by atoms with Crippen LogP contribution in [-0.4, -0.2) is 42.0 Å². The first kappa shape index (κ1) is 17.0. The van der Waals surface area contributed by atoms with E-state index in [0.717, 1.165) is 30.6 Å². The number of methoxy groups -OCH3 is 1. The van der Waals surface area contributed by atoms with Crippen molar-refractivity contribution in [3.63, 3.8) is 0 Å². The number of carbonyl (C=O) groups excluding carboxylic acids is 1. The van der Waals surface area contributed by atoms with Gasteiger partial charge in [-0.1, -0.05) is 13.3 Å². The smallest absolute Gasteiger partial charge is 0.267 e. The number of carbonyl (C=O) groups is 1. The lowest BCUT2D eigenvalue weighted by atomic mass is 9.61. The Hall–Kier alpha value is -1.46. The number of nitrogens with zero attached hydrogens (tertiary/aromatic N) is 2. The summed E-state index contributed by atoms with van der Waals surface area (Å²) >= 11 is 0. The van der Waals surface area contributed by atoms with Crippen molar-refractivity contribution in [2.75, 3.05) is 20.2 Å². The third-order valence-electron chi connectivity index (χ3n) is 7.07. The van der Waals surface area contributed by atoms with E-state index in [-0.39, 0.29) is 5.60 Å². The Morgan fingerprint density at radius 1 is 1.28 bits per heavy atom. The number of nitrogens with two attached hydrogens (primary N) is 1. The molecule has 0 spiro atoms. The van der Waals surface area contributed by atoms with Crippen LogP contribution in [0.4, 0.5) is 0 Å². The molecule has 2 aliphatic carbocycles. The monoisotopic (exact) mass is 343 g/mol. The molecule has 2 N–H and O–H groups in total. The van der Waals surface area contributed by atoms with Gasteiger partial charge in [0, 0.05) is 44.3 Å². The first-order valence-corrected chi connectivity index (χ1v) is 9.61. The van der Waals surface area contributed by atoms with Crippen LogP contribution in [0, 0.1) is 17.8 Å². The van der Waals surface area contributed by atoms with Crippen LogP contribution in [0.1, 0.15) is 55.1 Å². The predicted molar refractivity (Wildman–Crippen MR) is 96.0 cm³/mol. The standard InChI is InChI=1S/C20H29N3O2/c1-13-6-7-18(13)23-11-15-4-3-5-16(12-23)20(15,25-2)14-8-9-22-17(10-14)19(21)24/h8-10,13,15-16,18H,3-7,11-12H2,1-2H3,(H2,21,24)/t13-,15?,16?,18?,20?/m1/s1. The zero-order valence-corrected chi connectivity index (χ0v) is 15.3. The van der Waals surface area contributed by atoms with E-state index in [1.807, 2.05) is 19.2 Å². The molecule has 4 rings (SSSR count). The van der Waals surface area contributed by atoms with Crippen LogP contribution in [0.25, 0.3) is 0 Å². The largest absolute Gasteiger partial charge is 0.373 e. The Labute approximate surface area is 149 Å². The number of primary amides is 1. The molecule has 1 aromatic heterocycles. The van der Waals surface area contributed by atoms with E-state index in [0.29, 0.717) is 17.5 Å². The molecular weight excluding hydrogens is 314 g/mol. The maximum Gasteiger partial charge on any atom is 0.267 e. The summed E-state index contributed by atoms with van der Waals surface area (Å²) in [6.45, 7) is 4.56. The highest BCUT2D eigenvalue weighted by atomic mass is 16.5. The summed E-state index contributed by atoms with van der Waals surface area (Å²) in [6, 6.07) is 4.62. The molecule has 1 amide bonds. The summed E-state index contributed by atoms with van der Waals surface area (Å²) in [5.74, 6) is 1.26. The highest BCUT2D eigenvalue weighted by Crippen LogP contribution is 2.52. The van der Waals surface area contributed by atoms with Crippen molar-refractivity contribution in [2.24, 2.45) is 23.5 Å². The van der Waals surface area contributed by atoms with Gasteiger partial charge in [0.1, 0.15) is 11.3 Å². The number of hydrogen-bond donors (Lipinski definition) is 1. The second-order valence-electron chi connectivity index (χ2n) is 8.19. The van der Waals surface area contributed by atoms with E-state index >= 15 is 0 Å². The molecule has 2 saturated carbocycles. The maximum absolute atomic E-state index is 11.6. The Morgan fingerprint density at radius 2 is 2.00 bits per heavy atom. The van der Waals surface area contributed by atoms with Crippen LogP contribution >= 0.6 is 0 Å². The van der Waals surface area contributed by atoms with E-state index in [4.69, 9.17) is 10.5 Å². The third-order valence-corrected chi connectivity index (χ3v) is 7.07. The highest BCUT2D eigenvalue weighted by Gasteiger charge is 2.54. The molecule has 0 aromatic carbocycles. The van der Waals surface area contributed by atoms with Gasteiger partial charge in [-0.2, -0.15) is 0 Å². The van der Waals surface area contributed by atoms with E-state index < -0.39 is 5.91 Å². The highest BCUT2D eigenvalue weighted by molar-refractivity contribution is 5.90. The fourth-order valence-electron chi connectivity index (χ4n) is 5.66. The van der Waals surface area contributed by atoms with Crippen LogP contribution in [0.2, 0.25) is 0 Å². The Bertz CT molecular complexity index is 648. The van der Waals surface area contributed by atoms with Gasteiger partial charge in [0.05, 0.1) is 0 Å². The van der Waals surface area contributed by atoms with Gasteiger partial charge in [-0.05, 0) is 49.3 Å². The summed E-state index contributed by atoms with van der Waals surface area (Å²) in [7, 11) is 1.83. The van der Waals surface area contributed by atoms with Gasteiger partial charge in [-0.15, -0.1) is 0 Å². The third kappa shape index (κ3) is 2.59. The maximum atomic E-state index is 11.6. The number of rotatable bonds is 4. The van der Waals surface area contributed by atoms with Crippen molar-refractivity contribution >= 4 is 5.91 Å². The fourth-order valence-corrected chi connectivity index (χ4v) is 5.66. The fraction of sp³-hybridized carbons (Fsp3) is 0.700. The SMILES string of the molecule is COC1(c2ccnc(C(N)=O)c2)C2CCCC1CN(C1CC[C@H]1C)C2. The lowest BCUT2D eigenvalue weighted by molar-refractivity contribution is -0.181. The van der Waals surface area contributed by atoms with Crippen molar-refractivity contribution in [1.29, 1.82) is 0 Å². The summed E-state index contributed by atoms with van der Waals surface area (Å²) in [6.07, 6.45) is 8.01. The van der Waals surface area contributed by atoms with E-state index in [9.17, 15) is 4.79 Å². The zero-order chi connectivity index (χ0) is 17.6. The molecule has 3 aliphatic rings. The quantitative estimate of drug-likeness (QED) is 0.912. The van der Waals surface area contributed by atoms with Crippen LogP contribution in [0.3, 0.4) is 0 Å². The van der Waals surface area contributed by atoms with Gasteiger partial charge in [0.15, 0.2) is 0 Å². The molecule has 3 fully saturated rings. The summed E-state index contributed by atoms with van der Waals surface area (Å²) in [5, 5.41) is 0. The van der Waals surface area contributed by atoms with Gasteiger partial charge < -0.3 is 10.5 Å². The summed E-state index contributed by atoms with van der Waals surface area (Å²) < 4.78 is 6.27. The molecule has 1 saturated heterocycles. The van der Waals surface area contributed by atoms with Crippen molar-refractivity contribution in [3.8, 4) is 0 Å². The van der Waals surface area contributed by atoms with Gasteiger partial charge in [-0.25, -0.2) is 0 Å². The number of piperidine rings is 1. The number of fused-ring (bicyclic) bond motifs is 2. The molecule has 2 heterocycles. The first-order valence-electron chi connectivity index (χ1n) is 9.61. The topological polar surface area (TPSA) is 68.5 Å². The second kappa shape index (κ2) is 6.36. The van der Waals surface area contributed by atoms with Crippen LogP contribution < -0.4 is 5.73 Å². The number of likely N-dealkylation sites (tertiary alicyclic amines) is 1. The first-order chi connectivity index (χ1) is 12.1. The van der Waals surface area contributed by atoms with Crippen LogP contribution in [0.15, 0.2) is 18.3 Å². The normalized spacial score (nSPS) is 38.2. The van der Waals surface area contributed by atoms with Gasteiger partial charge in [0.2, 0.25) is 0 Å². The lowest BCUT2D eigenvalue weighted by Crippen LogP contribution is -2.62. The van der Waals surface area contributed by atoms with Gasteiger partial charge >= 0.3 is 0 Å². The predicted octanol–water partition coefficient (Wildman–Crippen LogP) is 2.55. The molecule has 136 valence electrons. The zero-order valence-electron chi connectivity index (χ0n) is 15.3. The number of aromatic nitrogens is 1. The van der Waals surface area contributed by atoms with Crippen LogP contribution in [0.5, 0.6) is 0 Å². The lowest BCUT2D eigenvalue weighted by Gasteiger charge is -2.58. The van der Waals surface area contributed by atoms with Gasteiger partial charge in [-0.3, -0.25) is 14.7 Å². The number of hydrogen-bond acceptors (Lipinski definition) is 4. The summed E-state index contributed by atoms with van der Waals surface area (Å²) in [5.41, 5.74) is 6.57. The molecule has 5 nitrogen and oxygen atoms in total. The second-order valence-corrected chi connectivity index (χ2v) is 8.19. The minimum atomic E-state index is -0.473. The van der Waals surface area contributed by atoms with E-state index in [1.54, 1.807) is 6.20 Å². The Kier molecular flexibility index (Phi) is 4.32. The van der Waals surface area contributed by atoms with E-state index in [2.05, 4.69) is 16.8 Å². The van der Waals surface area contributed by atoms with Crippen molar-refractivity contribution < 1.29 is 9.53 Å². The number of amides is 1. The van der Waals surface area contributed by atoms with E-state index in [1.165, 1.54) is 32.1 Å². The average molecular weight is 343 g/mol. The van der Waals surface area contributed by atoms with Crippen molar-refractivity contribution in [1.82, 2.24) is 9.88 Å². The molecular formula is C20H29N3O2. The van der Waals surface area contributed by atoms with Gasteiger partial charge in [0.25, 0.3) is 5.91 Å². The molecule has 4 atom stereocenters. The molecule has 1 aromatic rings. The minimum Gasteiger partial charge on any atom is -0.373 e. The molecule has 3 unspecified atom stereocenters. The molecule has 1 aliphatic heterocycles. The van der Waals surface area contributed by atoms with Crippen LogP contribution in [-0.2, 0) is 10.3 Å². The molecule has 2 bridgehead atoms. The molecule has 25 heavy (non-hydrogen) atoms. The minimum absolute atomic E-state index is 0.311. The Morgan fingerprint density at radius 3 is 2.52 bits per heavy atom. The number of ether oxygens (including phenoxy) is 1. The molecule has 0 radical (unpaired) electrons. The Balaban J connectivity index is 1.69. The summed E-state index contributed by atoms with van der Waals surface area (Å²) in [4.78, 5) is 18.5. The molecule has 5 heteroatoms. The van der Waals surface area contributed by atoms with Crippen molar-refractivity contribution in [2.45, 2.75) is 50.7 Å².